The number of carbonyl (C=O) groups is 1. The number of hydrogen-bond donors (Lipinski definition) is 0. The van der Waals surface area contributed by atoms with Gasteiger partial charge in [-0.3, -0.25) is 14.9 Å². The fraction of sp³-hybridized carbons (Fsp3) is 0.300. The van der Waals surface area contributed by atoms with E-state index in [0.717, 1.165) is 14.0 Å². The highest BCUT2D eigenvalue weighted by molar-refractivity contribution is 6.01. The van der Waals surface area contributed by atoms with E-state index in [4.69, 9.17) is 0 Å². The quantitative estimate of drug-likeness (QED) is 0.477. The summed E-state index contributed by atoms with van der Waals surface area (Å²) in [4.78, 5) is 21.0. The van der Waals surface area contributed by atoms with E-state index in [1.807, 2.05) is 0 Å². The van der Waals surface area contributed by atoms with Gasteiger partial charge in [0.1, 0.15) is 11.3 Å². The van der Waals surface area contributed by atoms with Crippen molar-refractivity contribution in [3.8, 4) is 5.75 Å². The molecule has 5 nitrogen and oxygen atoms in total. The van der Waals surface area contributed by atoms with Gasteiger partial charge in [-0.05, 0) is 13.0 Å². The molecule has 98 valence electrons. The van der Waals surface area contributed by atoms with E-state index in [1.165, 1.54) is 0 Å². The lowest BCUT2D eigenvalue weighted by atomic mass is 10.0. The molecule has 0 atom stereocenters. The number of nitrogens with zero attached hydrogens (tertiary/aromatic N) is 1. The topological polar surface area (TPSA) is 69.4 Å². The average Bonchev–Trinajstić information content (AvgIpc) is 2.25. The summed E-state index contributed by atoms with van der Waals surface area (Å²) in [6, 6.07) is 1.16. The second-order valence-electron chi connectivity index (χ2n) is 3.35. The second-order valence-corrected chi connectivity index (χ2v) is 3.35. The Kier molecular flexibility index (Phi) is 3.59. The number of hydrogen-bond acceptors (Lipinski definition) is 4. The molecule has 0 aromatic heterocycles. The fourth-order valence-electron chi connectivity index (χ4n) is 1.50. The molecule has 18 heavy (non-hydrogen) atoms. The lowest BCUT2D eigenvalue weighted by Gasteiger charge is -2.14. The first kappa shape index (κ1) is 13.9. The number of Topliss-reactive ketones (excluding diaryl/α,β-unsaturated/α-hetero) is 1. The first-order valence-corrected chi connectivity index (χ1v) is 4.63. The van der Waals surface area contributed by atoms with Crippen molar-refractivity contribution in [1.29, 1.82) is 0 Å². The highest BCUT2D eigenvalue weighted by Gasteiger charge is 2.38. The SMILES string of the molecule is COc1c(C(F)(F)F)ccc([N+](=O)[O-])c1C(C)=O. The maximum Gasteiger partial charge on any atom is 0.419 e. The van der Waals surface area contributed by atoms with Gasteiger partial charge in [0, 0.05) is 6.07 Å². The van der Waals surface area contributed by atoms with Gasteiger partial charge < -0.3 is 4.74 Å². The number of halogens is 3. The minimum absolute atomic E-state index is 0.517. The Morgan fingerprint density at radius 3 is 2.28 bits per heavy atom. The molecule has 0 aliphatic rings. The molecule has 1 rings (SSSR count). The van der Waals surface area contributed by atoms with Gasteiger partial charge in [0.2, 0.25) is 0 Å². The van der Waals surface area contributed by atoms with Crippen molar-refractivity contribution in [3.05, 3.63) is 33.4 Å². The molecule has 0 saturated heterocycles. The first-order chi connectivity index (χ1) is 8.20. The number of rotatable bonds is 3. The molecular weight excluding hydrogens is 255 g/mol. The average molecular weight is 263 g/mol. The van der Waals surface area contributed by atoms with Crippen LogP contribution in [-0.2, 0) is 6.18 Å². The van der Waals surface area contributed by atoms with Crippen LogP contribution in [0.25, 0.3) is 0 Å². The monoisotopic (exact) mass is 263 g/mol. The normalized spacial score (nSPS) is 11.2. The summed E-state index contributed by atoms with van der Waals surface area (Å²) in [5, 5.41) is 10.7. The lowest BCUT2D eigenvalue weighted by molar-refractivity contribution is -0.385. The minimum Gasteiger partial charge on any atom is -0.495 e. The standard InChI is InChI=1S/C10H8F3NO4/c1-5(15)8-7(14(16)17)4-3-6(9(8)18-2)10(11,12)13/h3-4H,1-2H3. The van der Waals surface area contributed by atoms with Crippen LogP contribution in [-0.4, -0.2) is 17.8 Å². The van der Waals surface area contributed by atoms with Crippen LogP contribution in [0.15, 0.2) is 12.1 Å². The van der Waals surface area contributed by atoms with Crippen LogP contribution < -0.4 is 4.74 Å². The predicted molar refractivity (Wildman–Crippen MR) is 54.7 cm³/mol. The summed E-state index contributed by atoms with van der Waals surface area (Å²) < 4.78 is 42.5. The molecule has 0 spiro atoms. The number of benzene rings is 1. The minimum atomic E-state index is -4.76. The third kappa shape index (κ3) is 2.41. The zero-order valence-corrected chi connectivity index (χ0v) is 9.37. The van der Waals surface area contributed by atoms with Crippen LogP contribution in [0, 0.1) is 10.1 Å². The van der Waals surface area contributed by atoms with Gasteiger partial charge in [0.25, 0.3) is 5.69 Å². The highest BCUT2D eigenvalue weighted by Crippen LogP contribution is 2.41. The molecule has 8 heteroatoms. The highest BCUT2D eigenvalue weighted by atomic mass is 19.4. The molecule has 1 aromatic rings. The zero-order valence-electron chi connectivity index (χ0n) is 9.37. The number of carbonyl (C=O) groups excluding carboxylic acids is 1. The maximum absolute atomic E-state index is 12.7. The van der Waals surface area contributed by atoms with Gasteiger partial charge >= 0.3 is 6.18 Å². The molecule has 0 aliphatic heterocycles. The Balaban J connectivity index is 3.69. The van der Waals surface area contributed by atoms with Crippen molar-refractivity contribution < 1.29 is 27.6 Å². The maximum atomic E-state index is 12.7. The largest absolute Gasteiger partial charge is 0.495 e. The van der Waals surface area contributed by atoms with Crippen molar-refractivity contribution >= 4 is 11.5 Å². The third-order valence-electron chi connectivity index (χ3n) is 2.19. The number of alkyl halides is 3. The van der Waals surface area contributed by atoms with Crippen molar-refractivity contribution in [2.75, 3.05) is 7.11 Å². The Bertz CT molecular complexity index is 511. The Morgan fingerprint density at radius 2 is 1.94 bits per heavy atom. The molecule has 0 unspecified atom stereocenters. The molecule has 0 bridgehead atoms. The summed E-state index contributed by atoms with van der Waals surface area (Å²) in [6.45, 7) is 0.936. The number of nitro benzene ring substituents is 1. The van der Waals surface area contributed by atoms with E-state index in [1.54, 1.807) is 0 Å². The number of ketones is 1. The summed E-state index contributed by atoms with van der Waals surface area (Å²) >= 11 is 0. The molecule has 0 amide bonds. The molecule has 0 aliphatic carbocycles. The Labute approximate surface area is 99.3 Å². The molecular formula is C10H8F3NO4. The number of methoxy groups -OCH3 is 1. The van der Waals surface area contributed by atoms with Crippen LogP contribution in [0.5, 0.6) is 5.75 Å². The van der Waals surface area contributed by atoms with Crippen molar-refractivity contribution in [3.63, 3.8) is 0 Å². The van der Waals surface area contributed by atoms with Crippen molar-refractivity contribution in [2.24, 2.45) is 0 Å². The third-order valence-corrected chi connectivity index (χ3v) is 2.19. The van der Waals surface area contributed by atoms with Gasteiger partial charge in [-0.25, -0.2) is 0 Å². The zero-order chi connectivity index (χ0) is 14.1. The summed E-state index contributed by atoms with van der Waals surface area (Å²) in [5.41, 5.74) is -2.62. The molecule has 1 aromatic carbocycles. The first-order valence-electron chi connectivity index (χ1n) is 4.63. The van der Waals surface area contributed by atoms with Gasteiger partial charge in [0.15, 0.2) is 5.78 Å². The summed E-state index contributed by atoms with van der Waals surface area (Å²) in [7, 11) is 0.917. The summed E-state index contributed by atoms with van der Waals surface area (Å²) in [6.07, 6.45) is -4.76. The van der Waals surface area contributed by atoms with E-state index in [9.17, 15) is 28.1 Å². The molecule has 0 saturated carbocycles. The lowest BCUT2D eigenvalue weighted by Crippen LogP contribution is -2.12. The van der Waals surface area contributed by atoms with Crippen molar-refractivity contribution in [1.82, 2.24) is 0 Å². The Hall–Kier alpha value is -2.12. The van der Waals surface area contributed by atoms with Crippen LogP contribution in [0.2, 0.25) is 0 Å². The van der Waals surface area contributed by atoms with E-state index < -0.39 is 39.4 Å². The second kappa shape index (κ2) is 4.63. The van der Waals surface area contributed by atoms with Crippen LogP contribution in [0.1, 0.15) is 22.8 Å². The predicted octanol–water partition coefficient (Wildman–Crippen LogP) is 2.82. The van der Waals surface area contributed by atoms with E-state index in [2.05, 4.69) is 4.74 Å². The summed E-state index contributed by atoms with van der Waals surface area (Å²) in [5.74, 6) is -1.70. The van der Waals surface area contributed by atoms with Gasteiger partial charge in [-0.15, -0.1) is 0 Å². The fourth-order valence-corrected chi connectivity index (χ4v) is 1.50. The molecule has 0 N–H and O–H groups in total. The molecule has 0 radical (unpaired) electrons. The van der Waals surface area contributed by atoms with E-state index >= 15 is 0 Å². The van der Waals surface area contributed by atoms with E-state index in [0.29, 0.717) is 12.1 Å². The van der Waals surface area contributed by atoms with Crippen LogP contribution in [0.3, 0.4) is 0 Å². The van der Waals surface area contributed by atoms with Gasteiger partial charge in [-0.2, -0.15) is 13.2 Å². The Morgan fingerprint density at radius 1 is 1.39 bits per heavy atom. The van der Waals surface area contributed by atoms with Crippen molar-refractivity contribution in [2.45, 2.75) is 13.1 Å². The van der Waals surface area contributed by atoms with Crippen LogP contribution >= 0.6 is 0 Å². The molecule has 0 heterocycles. The van der Waals surface area contributed by atoms with Gasteiger partial charge in [-0.1, -0.05) is 0 Å². The number of ether oxygens (including phenoxy) is 1. The van der Waals surface area contributed by atoms with E-state index in [-0.39, 0.29) is 0 Å². The molecule has 0 fully saturated rings. The number of nitro groups is 1. The van der Waals surface area contributed by atoms with Crippen LogP contribution in [0.4, 0.5) is 18.9 Å². The smallest absolute Gasteiger partial charge is 0.419 e. The van der Waals surface area contributed by atoms with Gasteiger partial charge in [0.05, 0.1) is 17.6 Å².